The Morgan fingerprint density at radius 1 is 1.23 bits per heavy atom. The van der Waals surface area contributed by atoms with Gasteiger partial charge in [0.15, 0.2) is 5.76 Å². The minimum Gasteiger partial charge on any atom is -0.492 e. The first-order valence-electron chi connectivity index (χ1n) is 6.94. The molecule has 1 aromatic carbocycles. The molecule has 1 aromatic heterocycles. The summed E-state index contributed by atoms with van der Waals surface area (Å²) in [4.78, 5) is 0.0965. The summed E-state index contributed by atoms with van der Waals surface area (Å²) in [6, 6.07) is 5.90. The van der Waals surface area contributed by atoms with Gasteiger partial charge in [-0.3, -0.25) is 0 Å². The molecule has 0 aliphatic carbocycles. The molecule has 0 atom stereocenters. The van der Waals surface area contributed by atoms with Gasteiger partial charge in [0.2, 0.25) is 10.0 Å². The molecule has 0 aliphatic rings. The van der Waals surface area contributed by atoms with Crippen molar-refractivity contribution in [2.24, 2.45) is 0 Å². The summed E-state index contributed by atoms with van der Waals surface area (Å²) in [5.74, 6) is 1.04. The van der Waals surface area contributed by atoms with Crippen molar-refractivity contribution in [1.29, 1.82) is 0 Å². The topological polar surface area (TPSA) is 81.4 Å². The van der Waals surface area contributed by atoms with Crippen LogP contribution in [0.5, 0.6) is 5.75 Å². The molecule has 120 valence electrons. The third-order valence-electron chi connectivity index (χ3n) is 3.23. The van der Waals surface area contributed by atoms with Gasteiger partial charge in [-0.25, -0.2) is 13.1 Å². The van der Waals surface area contributed by atoms with E-state index in [-0.39, 0.29) is 23.8 Å². The number of aryl methyl sites for hydroxylation is 4. The molecule has 0 unspecified atom stereocenters. The van der Waals surface area contributed by atoms with E-state index >= 15 is 0 Å². The molecule has 0 spiro atoms. The predicted octanol–water partition coefficient (Wildman–Crippen LogP) is 2.27. The maximum absolute atomic E-state index is 12.2. The van der Waals surface area contributed by atoms with Crippen LogP contribution in [0.15, 0.2) is 27.6 Å². The van der Waals surface area contributed by atoms with E-state index in [1.807, 2.05) is 32.0 Å². The number of nitrogens with zero attached hydrogens (tertiary/aromatic N) is 1. The molecule has 6 nitrogen and oxygen atoms in total. The molecule has 7 heteroatoms. The lowest BCUT2D eigenvalue weighted by Gasteiger charge is -2.11. The third kappa shape index (κ3) is 3.66. The molecule has 1 heterocycles. The van der Waals surface area contributed by atoms with E-state index in [4.69, 9.17) is 9.26 Å². The van der Waals surface area contributed by atoms with E-state index in [9.17, 15) is 8.42 Å². The van der Waals surface area contributed by atoms with Gasteiger partial charge in [0.25, 0.3) is 0 Å². The maximum atomic E-state index is 12.2. The van der Waals surface area contributed by atoms with Crippen molar-refractivity contribution in [3.8, 4) is 5.75 Å². The molecule has 2 aromatic rings. The molecule has 0 amide bonds. The molecule has 0 aliphatic heterocycles. The van der Waals surface area contributed by atoms with Crippen LogP contribution in [0.2, 0.25) is 0 Å². The second kappa shape index (κ2) is 6.50. The molecule has 0 fully saturated rings. The Bertz CT molecular complexity index is 746. The van der Waals surface area contributed by atoms with Gasteiger partial charge in [0, 0.05) is 6.54 Å². The zero-order chi connectivity index (χ0) is 16.3. The molecule has 2 rings (SSSR count). The maximum Gasteiger partial charge on any atom is 0.246 e. The first-order chi connectivity index (χ1) is 10.3. The highest BCUT2D eigenvalue weighted by molar-refractivity contribution is 7.89. The van der Waals surface area contributed by atoms with Crippen molar-refractivity contribution in [2.75, 3.05) is 13.2 Å². The SMILES string of the molecule is Cc1ccc(C)c(OCCNS(=O)(=O)c2c(C)noc2C)c1. The lowest BCUT2D eigenvalue weighted by Crippen LogP contribution is -2.29. The van der Waals surface area contributed by atoms with E-state index in [2.05, 4.69) is 9.88 Å². The Morgan fingerprint density at radius 2 is 1.95 bits per heavy atom. The number of sulfonamides is 1. The number of hydrogen-bond donors (Lipinski definition) is 1. The zero-order valence-electron chi connectivity index (χ0n) is 13.1. The van der Waals surface area contributed by atoms with Crippen molar-refractivity contribution in [1.82, 2.24) is 9.88 Å². The molecule has 1 N–H and O–H groups in total. The summed E-state index contributed by atoms with van der Waals surface area (Å²) in [7, 11) is -3.64. The summed E-state index contributed by atoms with van der Waals surface area (Å²) in [6.07, 6.45) is 0. The minimum absolute atomic E-state index is 0.0965. The second-order valence-electron chi connectivity index (χ2n) is 5.17. The number of ether oxygens (including phenoxy) is 1. The summed E-state index contributed by atoms with van der Waals surface area (Å²) >= 11 is 0. The zero-order valence-corrected chi connectivity index (χ0v) is 14.0. The fraction of sp³-hybridized carbons (Fsp3) is 0.400. The quantitative estimate of drug-likeness (QED) is 0.824. The van der Waals surface area contributed by atoms with E-state index < -0.39 is 10.0 Å². The van der Waals surface area contributed by atoms with Crippen LogP contribution < -0.4 is 9.46 Å². The monoisotopic (exact) mass is 324 g/mol. The smallest absolute Gasteiger partial charge is 0.246 e. The summed E-state index contributed by atoms with van der Waals surface area (Å²) in [6.45, 7) is 7.50. The normalized spacial score (nSPS) is 11.6. The molecule has 0 radical (unpaired) electrons. The van der Waals surface area contributed by atoms with E-state index in [1.165, 1.54) is 0 Å². The van der Waals surface area contributed by atoms with Crippen molar-refractivity contribution < 1.29 is 17.7 Å². The average Bonchev–Trinajstić information content (AvgIpc) is 2.78. The van der Waals surface area contributed by atoms with Gasteiger partial charge < -0.3 is 9.26 Å². The lowest BCUT2D eigenvalue weighted by atomic mass is 10.1. The van der Waals surface area contributed by atoms with Gasteiger partial charge in [-0.2, -0.15) is 0 Å². The summed E-state index contributed by atoms with van der Waals surface area (Å²) in [5.41, 5.74) is 2.46. The van der Waals surface area contributed by atoms with Crippen LogP contribution >= 0.6 is 0 Å². The van der Waals surface area contributed by atoms with Crippen LogP contribution in [0.1, 0.15) is 22.6 Å². The fourth-order valence-electron chi connectivity index (χ4n) is 2.13. The second-order valence-corrected chi connectivity index (χ2v) is 6.87. The Labute approximate surface area is 130 Å². The van der Waals surface area contributed by atoms with Crippen LogP contribution in [0.4, 0.5) is 0 Å². The van der Waals surface area contributed by atoms with Gasteiger partial charge in [-0.05, 0) is 44.9 Å². The largest absolute Gasteiger partial charge is 0.492 e. The number of hydrogen-bond acceptors (Lipinski definition) is 5. The molecule has 22 heavy (non-hydrogen) atoms. The highest BCUT2D eigenvalue weighted by Gasteiger charge is 2.23. The van der Waals surface area contributed by atoms with Gasteiger partial charge in [-0.1, -0.05) is 17.3 Å². The van der Waals surface area contributed by atoms with Crippen molar-refractivity contribution in [3.05, 3.63) is 40.8 Å². The minimum atomic E-state index is -3.64. The lowest BCUT2D eigenvalue weighted by molar-refractivity contribution is 0.320. The Kier molecular flexibility index (Phi) is 4.87. The third-order valence-corrected chi connectivity index (χ3v) is 4.94. The van der Waals surface area contributed by atoms with Gasteiger partial charge in [0.05, 0.1) is 0 Å². The standard InChI is InChI=1S/C15H20N2O4S/c1-10-5-6-11(2)14(9-10)20-8-7-16-22(18,19)15-12(3)17-21-13(15)4/h5-6,9,16H,7-8H2,1-4H3. The Morgan fingerprint density at radius 3 is 2.59 bits per heavy atom. The van der Waals surface area contributed by atoms with Crippen molar-refractivity contribution >= 4 is 10.0 Å². The highest BCUT2D eigenvalue weighted by Crippen LogP contribution is 2.20. The Balaban J connectivity index is 1.95. The van der Waals surface area contributed by atoms with Crippen LogP contribution in [-0.2, 0) is 10.0 Å². The number of benzene rings is 1. The summed E-state index contributed by atoms with van der Waals surface area (Å²) < 4.78 is 37.4. The molecule has 0 saturated carbocycles. The first-order valence-corrected chi connectivity index (χ1v) is 8.42. The van der Waals surface area contributed by atoms with E-state index in [0.717, 1.165) is 16.9 Å². The van der Waals surface area contributed by atoms with Gasteiger partial charge in [-0.15, -0.1) is 0 Å². The fourth-order valence-corrected chi connectivity index (χ4v) is 3.47. The van der Waals surface area contributed by atoms with Crippen molar-refractivity contribution in [2.45, 2.75) is 32.6 Å². The van der Waals surface area contributed by atoms with E-state index in [1.54, 1.807) is 13.8 Å². The summed E-state index contributed by atoms with van der Waals surface area (Å²) in [5, 5.41) is 3.65. The van der Waals surface area contributed by atoms with Crippen LogP contribution in [-0.4, -0.2) is 26.7 Å². The highest BCUT2D eigenvalue weighted by atomic mass is 32.2. The molecule has 0 saturated heterocycles. The van der Waals surface area contributed by atoms with Crippen molar-refractivity contribution in [3.63, 3.8) is 0 Å². The van der Waals surface area contributed by atoms with Gasteiger partial charge >= 0.3 is 0 Å². The number of aromatic nitrogens is 1. The molecule has 0 bridgehead atoms. The first kappa shape index (κ1) is 16.5. The van der Waals surface area contributed by atoms with Crippen LogP contribution in [0, 0.1) is 27.7 Å². The number of nitrogens with one attached hydrogen (secondary N) is 1. The van der Waals surface area contributed by atoms with Gasteiger partial charge in [0.1, 0.15) is 22.9 Å². The number of rotatable bonds is 6. The molecular weight excluding hydrogens is 304 g/mol. The average molecular weight is 324 g/mol. The van der Waals surface area contributed by atoms with Crippen LogP contribution in [0.3, 0.4) is 0 Å². The molecular formula is C15H20N2O4S. The van der Waals surface area contributed by atoms with Crippen LogP contribution in [0.25, 0.3) is 0 Å². The predicted molar refractivity (Wildman–Crippen MR) is 82.6 cm³/mol. The van der Waals surface area contributed by atoms with E-state index in [0.29, 0.717) is 5.69 Å². The Hall–Kier alpha value is -1.86.